The Bertz CT molecular complexity index is 872. The van der Waals surface area contributed by atoms with Crippen LogP contribution in [0.5, 0.6) is 0 Å². The molecule has 2 nitrogen and oxygen atoms in total. The minimum atomic E-state index is -0.00391. The van der Waals surface area contributed by atoms with Gasteiger partial charge in [0.2, 0.25) is 0 Å². The Balaban J connectivity index is 1.80. The first-order chi connectivity index (χ1) is 11.6. The summed E-state index contributed by atoms with van der Waals surface area (Å²) in [6.45, 7) is 2.08. The first-order valence-corrected chi connectivity index (χ1v) is 9.71. The van der Waals surface area contributed by atoms with Crippen LogP contribution < -0.4 is 5.56 Å². The molecule has 0 aliphatic carbocycles. The van der Waals surface area contributed by atoms with Crippen molar-refractivity contribution >= 4 is 34.4 Å². The van der Waals surface area contributed by atoms with Crippen LogP contribution in [0.1, 0.15) is 16.8 Å². The van der Waals surface area contributed by atoms with E-state index >= 15 is 0 Å². The second-order valence-electron chi connectivity index (χ2n) is 5.70. The summed E-state index contributed by atoms with van der Waals surface area (Å²) in [6.07, 6.45) is 1.75. The van der Waals surface area contributed by atoms with Crippen LogP contribution in [0.4, 0.5) is 0 Å². The van der Waals surface area contributed by atoms with Gasteiger partial charge in [-0.15, -0.1) is 0 Å². The molecule has 0 aliphatic heterocycles. The van der Waals surface area contributed by atoms with Gasteiger partial charge in [0.1, 0.15) is 0 Å². The molecule has 24 heavy (non-hydrogen) atoms. The van der Waals surface area contributed by atoms with Gasteiger partial charge in [-0.2, -0.15) is 0 Å². The Labute approximate surface area is 159 Å². The highest BCUT2D eigenvalue weighted by Gasteiger charge is 2.09. The van der Waals surface area contributed by atoms with Gasteiger partial charge in [-0.3, -0.25) is 4.79 Å². The maximum Gasteiger partial charge on any atom is 0.262 e. The molecule has 1 heterocycles. The van der Waals surface area contributed by atoms with Crippen molar-refractivity contribution in [2.24, 2.45) is 0 Å². The van der Waals surface area contributed by atoms with E-state index < -0.39 is 0 Å². The lowest BCUT2D eigenvalue weighted by molar-refractivity contribution is 0.890. The van der Waals surface area contributed by atoms with Crippen LogP contribution in [0.25, 0.3) is 0 Å². The Morgan fingerprint density at radius 1 is 1.00 bits per heavy atom. The summed E-state index contributed by atoms with van der Waals surface area (Å²) in [5.74, 6) is 0. The molecule has 3 aromatic rings. The molecule has 0 bridgehead atoms. The highest BCUT2D eigenvalue weighted by atomic mass is 127. The van der Waals surface area contributed by atoms with Gasteiger partial charge in [0.25, 0.3) is 5.56 Å². The third-order valence-corrected chi connectivity index (χ3v) is 6.26. The van der Waals surface area contributed by atoms with Gasteiger partial charge in [0.05, 0.1) is 3.57 Å². The second-order valence-corrected chi connectivity index (χ2v) is 7.90. The molecular weight excluding hydrogens is 429 g/mol. The Kier molecular flexibility index (Phi) is 5.79. The number of benzene rings is 2. The summed E-state index contributed by atoms with van der Waals surface area (Å²) in [6, 6.07) is 20.8. The SMILES string of the molecule is Cc1ccc(Sc2cc(CCc3ccccc3)[nH]c(=O)c2I)cc1. The molecule has 0 aliphatic rings. The van der Waals surface area contributed by atoms with Crippen molar-refractivity contribution in [1.82, 2.24) is 4.98 Å². The van der Waals surface area contributed by atoms with Crippen LogP contribution in [-0.2, 0) is 12.8 Å². The van der Waals surface area contributed by atoms with Crippen molar-refractivity contribution in [3.05, 3.63) is 91.4 Å². The van der Waals surface area contributed by atoms with E-state index in [9.17, 15) is 4.79 Å². The van der Waals surface area contributed by atoms with E-state index in [1.54, 1.807) is 11.8 Å². The molecule has 1 N–H and O–H groups in total. The van der Waals surface area contributed by atoms with Crippen LogP contribution in [-0.4, -0.2) is 4.98 Å². The first kappa shape index (κ1) is 17.3. The smallest absolute Gasteiger partial charge is 0.262 e. The lowest BCUT2D eigenvalue weighted by Crippen LogP contribution is -2.14. The molecule has 0 saturated carbocycles. The molecule has 3 rings (SSSR count). The number of rotatable bonds is 5. The van der Waals surface area contributed by atoms with Crippen molar-refractivity contribution in [2.75, 3.05) is 0 Å². The van der Waals surface area contributed by atoms with E-state index in [0.29, 0.717) is 0 Å². The second kappa shape index (κ2) is 8.03. The van der Waals surface area contributed by atoms with Gasteiger partial charge in [-0.1, -0.05) is 59.8 Å². The van der Waals surface area contributed by atoms with E-state index in [4.69, 9.17) is 0 Å². The lowest BCUT2D eigenvalue weighted by Gasteiger charge is -2.08. The Morgan fingerprint density at radius 3 is 2.42 bits per heavy atom. The third-order valence-electron chi connectivity index (χ3n) is 3.77. The van der Waals surface area contributed by atoms with Gasteiger partial charge in [0.15, 0.2) is 0 Å². The normalized spacial score (nSPS) is 10.8. The highest BCUT2D eigenvalue weighted by Crippen LogP contribution is 2.30. The number of nitrogens with one attached hydrogen (secondary N) is 1. The number of aromatic amines is 1. The van der Waals surface area contributed by atoms with Gasteiger partial charge in [-0.25, -0.2) is 0 Å². The monoisotopic (exact) mass is 447 g/mol. The molecule has 2 aromatic carbocycles. The van der Waals surface area contributed by atoms with Crippen LogP contribution in [0.15, 0.2) is 75.2 Å². The van der Waals surface area contributed by atoms with E-state index in [-0.39, 0.29) is 5.56 Å². The number of aromatic nitrogens is 1. The molecule has 0 spiro atoms. The van der Waals surface area contributed by atoms with E-state index in [1.165, 1.54) is 11.1 Å². The minimum absolute atomic E-state index is 0.00391. The lowest BCUT2D eigenvalue weighted by atomic mass is 10.1. The molecule has 0 fully saturated rings. The first-order valence-electron chi connectivity index (χ1n) is 7.82. The van der Waals surface area contributed by atoms with Crippen LogP contribution >= 0.6 is 34.4 Å². The van der Waals surface area contributed by atoms with Crippen molar-refractivity contribution < 1.29 is 0 Å². The average Bonchev–Trinajstić information content (AvgIpc) is 2.60. The number of H-pyrrole nitrogens is 1. The van der Waals surface area contributed by atoms with Crippen molar-refractivity contribution in [3.63, 3.8) is 0 Å². The van der Waals surface area contributed by atoms with Crippen LogP contribution in [0.2, 0.25) is 0 Å². The maximum atomic E-state index is 12.2. The number of halogens is 1. The largest absolute Gasteiger partial charge is 0.325 e. The fourth-order valence-electron chi connectivity index (χ4n) is 2.44. The van der Waals surface area contributed by atoms with Crippen molar-refractivity contribution in [3.8, 4) is 0 Å². The van der Waals surface area contributed by atoms with E-state index in [0.717, 1.165) is 31.9 Å². The van der Waals surface area contributed by atoms with E-state index in [2.05, 4.69) is 77.0 Å². The van der Waals surface area contributed by atoms with Crippen molar-refractivity contribution in [1.29, 1.82) is 0 Å². The molecule has 0 radical (unpaired) electrons. The number of hydrogen-bond donors (Lipinski definition) is 1. The predicted octanol–water partition coefficient (Wildman–Crippen LogP) is 5.22. The third kappa shape index (κ3) is 4.51. The number of hydrogen-bond acceptors (Lipinski definition) is 2. The van der Waals surface area contributed by atoms with E-state index in [1.807, 2.05) is 18.2 Å². The molecule has 1 aromatic heterocycles. The predicted molar refractivity (Wildman–Crippen MR) is 109 cm³/mol. The summed E-state index contributed by atoms with van der Waals surface area (Å²) in [4.78, 5) is 17.4. The molecule has 0 saturated heterocycles. The number of aryl methyl sites for hydroxylation is 3. The molecule has 0 amide bonds. The maximum absolute atomic E-state index is 12.2. The van der Waals surface area contributed by atoms with Gasteiger partial charge in [-0.05, 0) is 66.1 Å². The van der Waals surface area contributed by atoms with Gasteiger partial charge >= 0.3 is 0 Å². The fraction of sp³-hybridized carbons (Fsp3) is 0.150. The fourth-order valence-corrected chi connectivity index (χ4v) is 3.97. The zero-order chi connectivity index (χ0) is 16.9. The summed E-state index contributed by atoms with van der Waals surface area (Å²) in [7, 11) is 0. The Hall–Kier alpha value is -1.53. The van der Waals surface area contributed by atoms with Crippen molar-refractivity contribution in [2.45, 2.75) is 29.6 Å². The molecule has 4 heteroatoms. The molecule has 122 valence electrons. The molecular formula is C20H18INOS. The quantitative estimate of drug-likeness (QED) is 0.544. The Morgan fingerprint density at radius 2 is 1.71 bits per heavy atom. The average molecular weight is 447 g/mol. The van der Waals surface area contributed by atoms with Crippen LogP contribution in [0, 0.1) is 10.5 Å². The van der Waals surface area contributed by atoms with Gasteiger partial charge in [0, 0.05) is 15.5 Å². The summed E-state index contributed by atoms with van der Waals surface area (Å²) >= 11 is 3.78. The summed E-state index contributed by atoms with van der Waals surface area (Å²) in [5.41, 5.74) is 3.50. The molecule has 0 atom stereocenters. The summed E-state index contributed by atoms with van der Waals surface area (Å²) in [5, 5.41) is 0. The van der Waals surface area contributed by atoms with Gasteiger partial charge < -0.3 is 4.98 Å². The topological polar surface area (TPSA) is 32.9 Å². The summed E-state index contributed by atoms with van der Waals surface area (Å²) < 4.78 is 0.752. The minimum Gasteiger partial charge on any atom is -0.325 e. The zero-order valence-corrected chi connectivity index (χ0v) is 16.4. The zero-order valence-electron chi connectivity index (χ0n) is 13.4. The highest BCUT2D eigenvalue weighted by molar-refractivity contribution is 14.1. The standard InChI is InChI=1S/C20H18INOS/c1-14-7-11-17(12-8-14)24-18-13-16(22-20(23)19(18)21)10-9-15-5-3-2-4-6-15/h2-8,11-13H,9-10H2,1H3,(H,22,23). The van der Waals surface area contributed by atoms with Crippen LogP contribution in [0.3, 0.4) is 0 Å². The number of pyridine rings is 1. The molecule has 0 unspecified atom stereocenters.